The van der Waals surface area contributed by atoms with Crippen molar-refractivity contribution in [3.8, 4) is 0 Å². The van der Waals surface area contributed by atoms with Crippen LogP contribution in [0.15, 0.2) is 89.0 Å². The van der Waals surface area contributed by atoms with Crippen molar-refractivity contribution in [3.05, 3.63) is 95.8 Å². The van der Waals surface area contributed by atoms with Gasteiger partial charge in [0, 0.05) is 19.3 Å². The van der Waals surface area contributed by atoms with Crippen LogP contribution in [0.4, 0.5) is 4.79 Å². The minimum Gasteiger partial charge on any atom is -0.411 e. The first-order valence-corrected chi connectivity index (χ1v) is 17.6. The molecule has 1 fully saturated rings. The Balaban J connectivity index is 1.59. The molecule has 4 amide bonds. The Bertz CT molecular complexity index is 1700. The number of pyridine rings is 1. The van der Waals surface area contributed by atoms with E-state index in [1.807, 2.05) is 44.2 Å². The molecule has 49 heavy (non-hydrogen) atoms. The second kappa shape index (κ2) is 16.6. The Morgan fingerprint density at radius 2 is 1.67 bits per heavy atom. The summed E-state index contributed by atoms with van der Waals surface area (Å²) >= 11 is 0. The number of nitrogens with zero attached hydrogens (tertiary/aromatic N) is 5. The Hall–Kier alpha value is -4.66. The van der Waals surface area contributed by atoms with Crippen molar-refractivity contribution in [2.45, 2.75) is 63.7 Å². The number of urea groups is 1. The highest BCUT2D eigenvalue weighted by atomic mass is 32.2. The molecule has 262 valence electrons. The molecule has 3 atom stereocenters. The maximum Gasteiger partial charge on any atom is 0.328 e. The zero-order chi connectivity index (χ0) is 35.7. The van der Waals surface area contributed by atoms with E-state index in [2.05, 4.69) is 15.5 Å². The molecule has 1 aliphatic rings. The number of oxime groups is 1. The van der Waals surface area contributed by atoms with Gasteiger partial charge in [0.25, 0.3) is 5.91 Å². The van der Waals surface area contributed by atoms with Gasteiger partial charge in [-0.05, 0) is 53.6 Å². The van der Waals surface area contributed by atoms with Crippen molar-refractivity contribution >= 4 is 34.1 Å². The van der Waals surface area contributed by atoms with Gasteiger partial charge in [-0.3, -0.25) is 19.5 Å². The molecule has 0 bridgehead atoms. The summed E-state index contributed by atoms with van der Waals surface area (Å²) in [6.07, 6.45) is 1.56. The second-order valence-electron chi connectivity index (χ2n) is 12.8. The van der Waals surface area contributed by atoms with Gasteiger partial charge in [0.15, 0.2) is 0 Å². The first-order valence-electron chi connectivity index (χ1n) is 16.1. The highest BCUT2D eigenvalue weighted by molar-refractivity contribution is 7.89. The predicted molar refractivity (Wildman–Crippen MR) is 183 cm³/mol. The number of benzene rings is 2. The molecule has 3 N–H and O–H groups in total. The van der Waals surface area contributed by atoms with Crippen LogP contribution < -0.4 is 5.32 Å². The normalized spacial score (nSPS) is 15.8. The monoisotopic (exact) mass is 692 g/mol. The highest BCUT2D eigenvalue weighted by Crippen LogP contribution is 2.23. The van der Waals surface area contributed by atoms with Crippen LogP contribution in [0.1, 0.15) is 44.5 Å². The number of imide groups is 1. The molecule has 2 heterocycles. The zero-order valence-electron chi connectivity index (χ0n) is 28.1. The smallest absolute Gasteiger partial charge is 0.328 e. The van der Waals surface area contributed by atoms with E-state index in [4.69, 9.17) is 5.21 Å². The molecule has 0 aliphatic carbocycles. The maximum atomic E-state index is 14.0. The van der Waals surface area contributed by atoms with E-state index in [9.17, 15) is 27.9 Å². The van der Waals surface area contributed by atoms with Gasteiger partial charge in [0.2, 0.25) is 15.9 Å². The molecule has 1 saturated heterocycles. The summed E-state index contributed by atoms with van der Waals surface area (Å²) in [5, 5.41) is 26.4. The number of hydrogen-bond donors (Lipinski definition) is 3. The van der Waals surface area contributed by atoms with Crippen molar-refractivity contribution in [1.82, 2.24) is 24.4 Å². The maximum absolute atomic E-state index is 14.0. The summed E-state index contributed by atoms with van der Waals surface area (Å²) in [6, 6.07) is 17.5. The SMILES string of the molecule is CC(C)CN(C[C@@H](O)[C@H](Cc1ccccc1)NC(=O)[C@H](C(C)C)N1CC(=O)N(Cc2ccccn2)C1=O)S(=O)(=O)c1ccc(/C=N/O)cc1. The van der Waals surface area contributed by atoms with Gasteiger partial charge in [0.1, 0.15) is 12.6 Å². The van der Waals surface area contributed by atoms with E-state index in [-0.39, 0.29) is 43.4 Å². The van der Waals surface area contributed by atoms with Crippen LogP contribution in [0.5, 0.6) is 0 Å². The fourth-order valence-electron chi connectivity index (χ4n) is 5.77. The number of aliphatic hydroxyl groups is 1. The lowest BCUT2D eigenvalue weighted by atomic mass is 9.97. The summed E-state index contributed by atoms with van der Waals surface area (Å²) in [7, 11) is -4.09. The Labute approximate surface area is 287 Å². The number of carbonyl (C=O) groups excluding carboxylic acids is 3. The quantitative estimate of drug-likeness (QED) is 0.0889. The van der Waals surface area contributed by atoms with Crippen molar-refractivity contribution in [2.24, 2.45) is 17.0 Å². The van der Waals surface area contributed by atoms with Crippen molar-refractivity contribution in [1.29, 1.82) is 0 Å². The van der Waals surface area contributed by atoms with Crippen LogP contribution >= 0.6 is 0 Å². The molecule has 0 unspecified atom stereocenters. The molecular weight excluding hydrogens is 648 g/mol. The second-order valence-corrected chi connectivity index (χ2v) is 14.7. The van der Waals surface area contributed by atoms with Gasteiger partial charge < -0.3 is 20.5 Å². The van der Waals surface area contributed by atoms with Crippen LogP contribution in [-0.4, -0.2) is 99.7 Å². The van der Waals surface area contributed by atoms with Crippen molar-refractivity contribution < 1.29 is 33.1 Å². The van der Waals surface area contributed by atoms with Gasteiger partial charge in [-0.25, -0.2) is 13.2 Å². The number of nitrogens with one attached hydrogen (secondary N) is 1. The number of aromatic nitrogens is 1. The fourth-order valence-corrected chi connectivity index (χ4v) is 7.39. The summed E-state index contributed by atoms with van der Waals surface area (Å²) in [5.41, 5.74) is 1.82. The molecule has 1 aromatic heterocycles. The highest BCUT2D eigenvalue weighted by Gasteiger charge is 2.44. The minimum atomic E-state index is -4.09. The molecule has 3 aromatic rings. The number of amides is 4. The average Bonchev–Trinajstić information content (AvgIpc) is 3.33. The molecule has 14 heteroatoms. The molecule has 0 radical (unpaired) electrons. The van der Waals surface area contributed by atoms with Crippen LogP contribution in [0.3, 0.4) is 0 Å². The summed E-state index contributed by atoms with van der Waals surface area (Å²) in [6.45, 7) is 6.68. The molecule has 0 spiro atoms. The predicted octanol–water partition coefficient (Wildman–Crippen LogP) is 3.11. The van der Waals surface area contributed by atoms with E-state index in [1.54, 1.807) is 38.2 Å². The number of hydrogen-bond acceptors (Lipinski definition) is 9. The van der Waals surface area contributed by atoms with Crippen LogP contribution in [0, 0.1) is 11.8 Å². The minimum absolute atomic E-state index is 0.00794. The molecule has 4 rings (SSSR count). The summed E-state index contributed by atoms with van der Waals surface area (Å²) < 4.78 is 28.9. The average molecular weight is 693 g/mol. The number of aliphatic hydroxyl groups excluding tert-OH is 1. The number of sulfonamides is 1. The first-order chi connectivity index (χ1) is 23.3. The standard InChI is InChI=1S/C35H44N6O7S/c1-24(2)20-39(49(47,48)29-15-13-27(14-16-29)19-37-46)22-31(42)30(18-26-10-6-5-7-11-26)38-34(44)33(25(3)4)41-23-32(43)40(35(41)45)21-28-12-8-9-17-36-28/h5-17,19,24-25,30-31,33,42,46H,18,20-23H2,1-4H3,(H,38,44)/b37-19+/t30-,31+,33-/m0/s1. The molecule has 1 aliphatic heterocycles. The first kappa shape index (κ1) is 37.2. The van der Waals surface area contributed by atoms with E-state index in [0.717, 1.165) is 10.5 Å². The number of rotatable bonds is 16. The van der Waals surface area contributed by atoms with Gasteiger partial charge in [0.05, 0.1) is 35.5 Å². The van der Waals surface area contributed by atoms with Gasteiger partial charge in [-0.15, -0.1) is 0 Å². The van der Waals surface area contributed by atoms with E-state index in [1.165, 1.54) is 39.7 Å². The van der Waals surface area contributed by atoms with Crippen molar-refractivity contribution in [2.75, 3.05) is 19.6 Å². The Kier molecular flexibility index (Phi) is 12.6. The summed E-state index contributed by atoms with van der Waals surface area (Å²) in [5.74, 6) is -1.53. The lowest BCUT2D eigenvalue weighted by molar-refractivity contribution is -0.129. The number of carbonyl (C=O) groups is 3. The summed E-state index contributed by atoms with van der Waals surface area (Å²) in [4.78, 5) is 47.0. The molecule has 0 saturated carbocycles. The topological polar surface area (TPSA) is 173 Å². The fraction of sp³-hybridized carbons (Fsp3) is 0.400. The van der Waals surface area contributed by atoms with Gasteiger partial charge in [-0.1, -0.05) is 81.4 Å². The Morgan fingerprint density at radius 1 is 1.00 bits per heavy atom. The van der Waals surface area contributed by atoms with Crippen molar-refractivity contribution in [3.63, 3.8) is 0 Å². The largest absolute Gasteiger partial charge is 0.411 e. The third-order valence-electron chi connectivity index (χ3n) is 8.14. The lowest BCUT2D eigenvalue weighted by Crippen LogP contribution is -2.57. The van der Waals surface area contributed by atoms with E-state index in [0.29, 0.717) is 11.3 Å². The van der Waals surface area contributed by atoms with Crippen LogP contribution in [-0.2, 0) is 32.6 Å². The third-order valence-corrected chi connectivity index (χ3v) is 9.99. The van der Waals surface area contributed by atoms with Gasteiger partial charge >= 0.3 is 6.03 Å². The molecular formula is C35H44N6O7S. The van der Waals surface area contributed by atoms with Crippen LogP contribution in [0.2, 0.25) is 0 Å². The molecule has 13 nitrogen and oxygen atoms in total. The Morgan fingerprint density at radius 3 is 2.27 bits per heavy atom. The lowest BCUT2D eigenvalue weighted by Gasteiger charge is -2.34. The van der Waals surface area contributed by atoms with Crippen LogP contribution in [0.25, 0.3) is 0 Å². The molecule has 2 aromatic carbocycles. The van der Waals surface area contributed by atoms with E-state index < -0.39 is 52.0 Å². The van der Waals surface area contributed by atoms with E-state index >= 15 is 0 Å². The third kappa shape index (κ3) is 9.49. The van der Waals surface area contributed by atoms with Gasteiger partial charge in [-0.2, -0.15) is 4.31 Å². The zero-order valence-corrected chi connectivity index (χ0v) is 28.9.